The molecule has 130 valence electrons. The summed E-state index contributed by atoms with van der Waals surface area (Å²) < 4.78 is 83.4. The Morgan fingerprint density at radius 3 is 2.42 bits per heavy atom. The summed E-state index contributed by atoms with van der Waals surface area (Å²) >= 11 is 0. The fourth-order valence-electron chi connectivity index (χ4n) is 2.80. The summed E-state index contributed by atoms with van der Waals surface area (Å²) in [5.74, 6) is -2.08. The minimum Gasteiger partial charge on any atom is -0.379 e. The molecule has 9 heteroatoms. The molecule has 1 atom stereocenters. The fourth-order valence-corrected chi connectivity index (χ4v) is 2.80. The third kappa shape index (κ3) is 2.88. The molecule has 0 N–H and O–H groups in total. The minimum atomic E-state index is -5.10. The Hall–Kier alpha value is -2.03. The molecule has 0 aliphatic carbocycles. The van der Waals surface area contributed by atoms with E-state index in [1.165, 1.54) is 4.57 Å². The molecule has 0 spiro atoms. The van der Waals surface area contributed by atoms with Gasteiger partial charge in [0.1, 0.15) is 0 Å². The first-order valence-corrected chi connectivity index (χ1v) is 7.00. The van der Waals surface area contributed by atoms with E-state index in [-0.39, 0.29) is 17.5 Å². The number of ether oxygens (including phenoxy) is 1. The molecule has 1 aromatic carbocycles. The van der Waals surface area contributed by atoms with Crippen LogP contribution >= 0.6 is 0 Å². The van der Waals surface area contributed by atoms with Crippen LogP contribution in [0.1, 0.15) is 28.4 Å². The zero-order chi connectivity index (χ0) is 17.7. The normalized spacial score (nSPS) is 19.2. The highest BCUT2D eigenvalue weighted by molar-refractivity contribution is 6.10. The van der Waals surface area contributed by atoms with Gasteiger partial charge in [-0.15, -0.1) is 0 Å². The lowest BCUT2D eigenvalue weighted by atomic mass is 10.1. The van der Waals surface area contributed by atoms with Gasteiger partial charge in [-0.3, -0.25) is 4.79 Å². The van der Waals surface area contributed by atoms with Gasteiger partial charge in [0.05, 0.1) is 23.8 Å². The molecule has 2 heterocycles. The van der Waals surface area contributed by atoms with E-state index in [0.717, 1.165) is 18.3 Å². The summed E-state index contributed by atoms with van der Waals surface area (Å²) in [6.45, 7) is 0.519. The van der Waals surface area contributed by atoms with E-state index in [9.17, 15) is 31.1 Å². The molecule has 1 aromatic heterocycles. The van der Waals surface area contributed by atoms with Crippen LogP contribution in [0.4, 0.5) is 26.3 Å². The minimum absolute atomic E-state index is 0.0621. The Bertz CT molecular complexity index is 784. The van der Waals surface area contributed by atoms with Crippen molar-refractivity contribution in [3.63, 3.8) is 0 Å². The molecule has 0 bridgehead atoms. The number of halogens is 6. The topological polar surface area (TPSA) is 31.2 Å². The molecule has 2 aromatic rings. The lowest BCUT2D eigenvalue weighted by Gasteiger charge is -2.13. The van der Waals surface area contributed by atoms with Crippen LogP contribution in [-0.2, 0) is 10.9 Å². The number of nitrogens with zero attached hydrogens (tertiary/aromatic N) is 1. The molecule has 0 amide bonds. The number of rotatable bonds is 2. The van der Waals surface area contributed by atoms with Crippen LogP contribution in [0, 0.1) is 0 Å². The molecule has 3 rings (SSSR count). The van der Waals surface area contributed by atoms with Gasteiger partial charge in [0, 0.05) is 23.7 Å². The number of hydrogen-bond acceptors (Lipinski definition) is 2. The fraction of sp³-hybridized carbons (Fsp3) is 0.400. The van der Waals surface area contributed by atoms with Crippen LogP contribution in [0.5, 0.6) is 0 Å². The van der Waals surface area contributed by atoms with Crippen LogP contribution in [0.25, 0.3) is 10.9 Å². The molecule has 0 radical (unpaired) electrons. The van der Waals surface area contributed by atoms with Gasteiger partial charge in [0.15, 0.2) is 0 Å². The smallest absolute Gasteiger partial charge is 0.379 e. The van der Waals surface area contributed by atoms with Crippen molar-refractivity contribution in [1.29, 1.82) is 0 Å². The largest absolute Gasteiger partial charge is 0.454 e. The quantitative estimate of drug-likeness (QED) is 0.594. The number of hydrogen-bond donors (Lipinski definition) is 0. The number of alkyl halides is 6. The summed E-state index contributed by atoms with van der Waals surface area (Å²) in [6, 6.07) is 1.93. The Kier molecular flexibility index (Phi) is 3.86. The maximum atomic E-state index is 12.9. The molecule has 1 aliphatic heterocycles. The SMILES string of the molecule is O=C(c1cn([C@H]2CCOC2)c2cc(C(F)(F)F)ccc12)C(F)(F)F. The monoisotopic (exact) mass is 351 g/mol. The first kappa shape index (κ1) is 16.8. The summed E-state index contributed by atoms with van der Waals surface area (Å²) in [5.41, 5.74) is -1.70. The number of benzene rings is 1. The van der Waals surface area contributed by atoms with Crippen molar-refractivity contribution in [2.24, 2.45) is 0 Å². The van der Waals surface area contributed by atoms with Gasteiger partial charge in [-0.25, -0.2) is 0 Å². The second-order valence-electron chi connectivity index (χ2n) is 5.52. The summed E-state index contributed by atoms with van der Waals surface area (Å²) in [5, 5.41) is -0.155. The van der Waals surface area contributed by atoms with Crippen LogP contribution < -0.4 is 0 Å². The molecule has 1 aliphatic rings. The second-order valence-corrected chi connectivity index (χ2v) is 5.52. The molecule has 1 fully saturated rings. The Balaban J connectivity index is 2.22. The standard InChI is InChI=1S/C15H11F6NO2/c16-14(17,18)8-1-2-10-11(13(23)15(19,20)21)6-22(12(10)5-8)9-3-4-24-7-9/h1-2,5-6,9H,3-4,7H2/t9-/m0/s1. The predicted octanol–water partition coefficient (Wildman–Crippen LogP) is 4.37. The number of carbonyl (C=O) groups excluding carboxylic acids is 1. The lowest BCUT2D eigenvalue weighted by molar-refractivity contribution is -0.137. The van der Waals surface area contributed by atoms with E-state index < -0.39 is 35.3 Å². The highest BCUT2D eigenvalue weighted by atomic mass is 19.4. The molecule has 3 nitrogen and oxygen atoms in total. The third-order valence-electron chi connectivity index (χ3n) is 3.96. The van der Waals surface area contributed by atoms with Gasteiger partial charge in [-0.1, -0.05) is 6.07 Å². The van der Waals surface area contributed by atoms with Crippen molar-refractivity contribution >= 4 is 16.7 Å². The van der Waals surface area contributed by atoms with Crippen molar-refractivity contribution in [3.05, 3.63) is 35.5 Å². The zero-order valence-corrected chi connectivity index (χ0v) is 12.0. The predicted molar refractivity (Wildman–Crippen MR) is 71.8 cm³/mol. The zero-order valence-electron chi connectivity index (χ0n) is 12.0. The summed E-state index contributed by atoms with van der Waals surface area (Å²) in [6.07, 6.45) is -8.32. The Labute approximate surface area is 131 Å². The van der Waals surface area contributed by atoms with Gasteiger partial charge in [0.25, 0.3) is 5.78 Å². The van der Waals surface area contributed by atoms with E-state index in [1.54, 1.807) is 0 Å². The van der Waals surface area contributed by atoms with Crippen LogP contribution in [-0.4, -0.2) is 29.7 Å². The maximum absolute atomic E-state index is 12.9. The average Bonchev–Trinajstić information content (AvgIpc) is 3.11. The summed E-state index contributed by atoms with van der Waals surface area (Å²) in [4.78, 5) is 11.6. The van der Waals surface area contributed by atoms with Gasteiger partial charge >= 0.3 is 12.4 Å². The van der Waals surface area contributed by atoms with E-state index >= 15 is 0 Å². The van der Waals surface area contributed by atoms with Crippen molar-refractivity contribution in [1.82, 2.24) is 4.57 Å². The second kappa shape index (κ2) is 5.51. The highest BCUT2D eigenvalue weighted by Gasteiger charge is 2.41. The van der Waals surface area contributed by atoms with Crippen molar-refractivity contribution < 1.29 is 35.9 Å². The van der Waals surface area contributed by atoms with Crippen molar-refractivity contribution in [3.8, 4) is 0 Å². The lowest BCUT2D eigenvalue weighted by Crippen LogP contribution is -2.22. The first-order valence-electron chi connectivity index (χ1n) is 7.00. The number of Topliss-reactive ketones (excluding diaryl/α,β-unsaturated/α-hetero) is 1. The van der Waals surface area contributed by atoms with Crippen molar-refractivity contribution in [2.75, 3.05) is 13.2 Å². The molecule has 24 heavy (non-hydrogen) atoms. The number of fused-ring (bicyclic) bond motifs is 1. The molecular weight excluding hydrogens is 340 g/mol. The molecule has 0 saturated carbocycles. The first-order chi connectivity index (χ1) is 11.1. The van der Waals surface area contributed by atoms with Gasteiger partial charge in [0.2, 0.25) is 0 Å². The number of ketones is 1. The molecular formula is C15H11F6NO2. The maximum Gasteiger partial charge on any atom is 0.454 e. The van der Waals surface area contributed by atoms with E-state index in [1.807, 2.05) is 0 Å². The van der Waals surface area contributed by atoms with Gasteiger partial charge in [-0.05, 0) is 18.6 Å². The van der Waals surface area contributed by atoms with Gasteiger partial charge in [-0.2, -0.15) is 26.3 Å². The van der Waals surface area contributed by atoms with E-state index in [0.29, 0.717) is 19.1 Å². The third-order valence-corrected chi connectivity index (χ3v) is 3.96. The number of aromatic nitrogens is 1. The Morgan fingerprint density at radius 2 is 1.88 bits per heavy atom. The number of carbonyl (C=O) groups is 1. The van der Waals surface area contributed by atoms with E-state index in [2.05, 4.69) is 0 Å². The summed E-state index contributed by atoms with van der Waals surface area (Å²) in [7, 11) is 0. The molecule has 0 unspecified atom stereocenters. The Morgan fingerprint density at radius 1 is 1.17 bits per heavy atom. The van der Waals surface area contributed by atoms with E-state index in [4.69, 9.17) is 4.74 Å². The average molecular weight is 351 g/mol. The highest BCUT2D eigenvalue weighted by Crippen LogP contribution is 2.36. The van der Waals surface area contributed by atoms with Crippen LogP contribution in [0.15, 0.2) is 24.4 Å². The molecule has 1 saturated heterocycles. The van der Waals surface area contributed by atoms with Crippen molar-refractivity contribution in [2.45, 2.75) is 24.8 Å². The van der Waals surface area contributed by atoms with Crippen LogP contribution in [0.3, 0.4) is 0 Å². The van der Waals surface area contributed by atoms with Gasteiger partial charge < -0.3 is 9.30 Å². The van der Waals surface area contributed by atoms with Crippen LogP contribution in [0.2, 0.25) is 0 Å².